The van der Waals surface area contributed by atoms with Gasteiger partial charge in [0.2, 0.25) is 0 Å². The summed E-state index contributed by atoms with van der Waals surface area (Å²) in [6, 6.07) is 8.38. The Hall–Kier alpha value is -2.65. The van der Waals surface area contributed by atoms with Gasteiger partial charge in [0, 0.05) is 39.3 Å². The molecule has 0 saturated heterocycles. The van der Waals surface area contributed by atoms with Crippen molar-refractivity contribution >= 4 is 17.6 Å². The summed E-state index contributed by atoms with van der Waals surface area (Å²) in [6.07, 6.45) is 1.80. The second-order valence-corrected chi connectivity index (χ2v) is 6.97. The largest absolute Gasteiger partial charge is 0.363 e. The Morgan fingerprint density at radius 2 is 1.88 bits per heavy atom. The number of nitrogens with zero attached hydrogens (tertiary/aromatic N) is 3. The number of aryl methyl sites for hydroxylation is 1. The third-order valence-electron chi connectivity index (χ3n) is 4.73. The number of allylic oxidation sites excluding steroid dienone is 1. The van der Waals surface area contributed by atoms with E-state index in [1.165, 1.54) is 15.9 Å². The van der Waals surface area contributed by atoms with E-state index in [-0.39, 0.29) is 11.0 Å². The quantitative estimate of drug-likeness (QED) is 0.864. The normalized spacial score (nSPS) is 15.2. The lowest BCUT2D eigenvalue weighted by Crippen LogP contribution is -2.22. The first-order valence-corrected chi connectivity index (χ1v) is 8.02. The zero-order valence-corrected chi connectivity index (χ0v) is 15.1. The van der Waals surface area contributed by atoms with Gasteiger partial charge in [-0.1, -0.05) is 23.9 Å². The number of aromatic amines is 1. The SMILES string of the molecule is CN(C)c1[nH]n(C)c(=O)c1C=C=C1N(C)c2ccccc2C1(C)C. The van der Waals surface area contributed by atoms with Crippen molar-refractivity contribution in [3.05, 3.63) is 57.2 Å². The number of rotatable bonds is 2. The van der Waals surface area contributed by atoms with Crippen LogP contribution in [0.15, 0.2) is 40.5 Å². The first-order valence-electron chi connectivity index (χ1n) is 8.02. The number of anilines is 2. The van der Waals surface area contributed by atoms with E-state index in [0.29, 0.717) is 5.56 Å². The Balaban J connectivity index is 2.17. The number of benzene rings is 1. The molecule has 0 fully saturated rings. The highest BCUT2D eigenvalue weighted by atomic mass is 16.1. The van der Waals surface area contributed by atoms with Crippen molar-refractivity contribution in [3.63, 3.8) is 0 Å². The maximum atomic E-state index is 12.4. The van der Waals surface area contributed by atoms with Gasteiger partial charge in [0.15, 0.2) is 0 Å². The van der Waals surface area contributed by atoms with Gasteiger partial charge in [0.1, 0.15) is 5.82 Å². The second kappa shape index (κ2) is 5.46. The topological polar surface area (TPSA) is 44.3 Å². The fourth-order valence-electron chi connectivity index (χ4n) is 3.40. The maximum Gasteiger partial charge on any atom is 0.276 e. The molecule has 1 aromatic heterocycles. The average Bonchev–Trinajstić information content (AvgIpc) is 2.92. The molecule has 3 rings (SSSR count). The molecule has 5 nitrogen and oxygen atoms in total. The van der Waals surface area contributed by atoms with Crippen molar-refractivity contribution in [2.45, 2.75) is 19.3 Å². The molecule has 5 heteroatoms. The second-order valence-electron chi connectivity index (χ2n) is 6.97. The molecule has 0 bridgehead atoms. The molecule has 0 aliphatic carbocycles. The van der Waals surface area contributed by atoms with E-state index in [1.807, 2.05) is 32.1 Å². The van der Waals surface area contributed by atoms with Crippen LogP contribution in [0.1, 0.15) is 25.0 Å². The van der Waals surface area contributed by atoms with E-state index in [1.54, 1.807) is 13.1 Å². The minimum absolute atomic E-state index is 0.0530. The summed E-state index contributed by atoms with van der Waals surface area (Å²) in [5.74, 6) is 0.784. The summed E-state index contributed by atoms with van der Waals surface area (Å²) in [6.45, 7) is 4.38. The number of H-pyrrole nitrogens is 1. The summed E-state index contributed by atoms with van der Waals surface area (Å²) in [5, 5.41) is 3.07. The molecule has 0 atom stereocenters. The molecule has 126 valence electrons. The van der Waals surface area contributed by atoms with Gasteiger partial charge in [-0.25, -0.2) is 0 Å². The minimum Gasteiger partial charge on any atom is -0.363 e. The molecular weight excluding hydrogens is 300 g/mol. The minimum atomic E-state index is -0.151. The Bertz CT molecular complexity index is 908. The third kappa shape index (κ3) is 2.29. The summed E-state index contributed by atoms with van der Waals surface area (Å²) < 4.78 is 1.49. The van der Waals surface area contributed by atoms with Crippen LogP contribution in [0.25, 0.3) is 6.08 Å². The summed E-state index contributed by atoms with van der Waals surface area (Å²) in [5.41, 5.74) is 7.33. The van der Waals surface area contributed by atoms with Crippen LogP contribution in [0.5, 0.6) is 0 Å². The number of hydrogen-bond donors (Lipinski definition) is 1. The van der Waals surface area contributed by atoms with Crippen LogP contribution in [0.2, 0.25) is 0 Å². The fraction of sp³-hybridized carbons (Fsp3) is 0.368. The van der Waals surface area contributed by atoms with E-state index in [4.69, 9.17) is 0 Å². The van der Waals surface area contributed by atoms with Crippen molar-refractivity contribution in [3.8, 4) is 0 Å². The first-order chi connectivity index (χ1) is 11.2. The number of likely N-dealkylation sites (N-methyl/N-ethyl adjacent to an activating group) is 1. The first kappa shape index (κ1) is 16.2. The van der Waals surface area contributed by atoms with Gasteiger partial charge in [0.25, 0.3) is 5.56 Å². The Morgan fingerprint density at radius 1 is 1.21 bits per heavy atom. The molecule has 2 heterocycles. The molecule has 2 aromatic rings. The Kier molecular flexibility index (Phi) is 3.69. The molecule has 0 radical (unpaired) electrons. The van der Waals surface area contributed by atoms with Crippen LogP contribution in [-0.4, -0.2) is 30.9 Å². The predicted octanol–water partition coefficient (Wildman–Crippen LogP) is 2.70. The van der Waals surface area contributed by atoms with Crippen molar-refractivity contribution in [1.82, 2.24) is 9.78 Å². The highest BCUT2D eigenvalue weighted by Gasteiger charge is 2.38. The van der Waals surface area contributed by atoms with Crippen molar-refractivity contribution < 1.29 is 0 Å². The van der Waals surface area contributed by atoms with E-state index >= 15 is 0 Å². The molecule has 0 spiro atoms. The van der Waals surface area contributed by atoms with E-state index in [0.717, 1.165) is 11.5 Å². The molecule has 0 unspecified atom stereocenters. The van der Waals surface area contributed by atoms with Crippen molar-refractivity contribution in [2.24, 2.45) is 7.05 Å². The number of hydrogen-bond acceptors (Lipinski definition) is 3. The molecule has 0 saturated carbocycles. The number of para-hydroxylation sites is 1. The van der Waals surface area contributed by atoms with E-state index < -0.39 is 0 Å². The van der Waals surface area contributed by atoms with Gasteiger partial charge >= 0.3 is 0 Å². The Morgan fingerprint density at radius 3 is 2.50 bits per heavy atom. The standard InChI is InChI=1S/C19H24N4O/c1-19(2)14-9-7-8-10-15(14)22(5)16(19)12-11-13-17(21(3)4)20-23(6)18(13)24/h7-11,20H,1-6H3. The summed E-state index contributed by atoms with van der Waals surface area (Å²) in [4.78, 5) is 16.4. The van der Waals surface area contributed by atoms with Crippen molar-refractivity contribution in [2.75, 3.05) is 30.9 Å². The zero-order valence-electron chi connectivity index (χ0n) is 15.1. The average molecular weight is 324 g/mol. The fourth-order valence-corrected chi connectivity index (χ4v) is 3.40. The number of aromatic nitrogens is 2. The summed E-state index contributed by atoms with van der Waals surface area (Å²) >= 11 is 0. The van der Waals surface area contributed by atoms with Gasteiger partial charge in [-0.15, -0.1) is 0 Å². The van der Waals surface area contributed by atoms with Crippen LogP contribution in [-0.2, 0) is 12.5 Å². The maximum absolute atomic E-state index is 12.4. The number of fused-ring (bicyclic) bond motifs is 1. The molecule has 0 amide bonds. The molecule has 1 aromatic carbocycles. The molecule has 24 heavy (non-hydrogen) atoms. The smallest absolute Gasteiger partial charge is 0.276 e. The Labute approximate surface area is 142 Å². The molecular formula is C19H24N4O. The molecule has 1 aliphatic heterocycles. The van der Waals surface area contributed by atoms with Gasteiger partial charge in [-0.05, 0) is 31.6 Å². The highest BCUT2D eigenvalue weighted by Crippen LogP contribution is 2.46. The molecule has 1 N–H and O–H groups in total. The third-order valence-corrected chi connectivity index (χ3v) is 4.73. The summed E-state index contributed by atoms with van der Waals surface area (Å²) in [7, 11) is 7.60. The van der Waals surface area contributed by atoms with Crippen LogP contribution >= 0.6 is 0 Å². The van der Waals surface area contributed by atoms with Gasteiger partial charge < -0.3 is 9.80 Å². The lowest BCUT2D eigenvalue weighted by molar-refractivity contribution is 0.642. The van der Waals surface area contributed by atoms with Crippen LogP contribution in [0.4, 0.5) is 11.5 Å². The monoisotopic (exact) mass is 324 g/mol. The van der Waals surface area contributed by atoms with Crippen LogP contribution in [0.3, 0.4) is 0 Å². The lowest BCUT2D eigenvalue weighted by atomic mass is 9.84. The lowest BCUT2D eigenvalue weighted by Gasteiger charge is -2.21. The highest BCUT2D eigenvalue weighted by molar-refractivity contribution is 5.71. The number of nitrogens with one attached hydrogen (secondary N) is 1. The molecule has 1 aliphatic rings. The van der Waals surface area contributed by atoms with Crippen LogP contribution in [0, 0.1) is 0 Å². The van der Waals surface area contributed by atoms with E-state index in [9.17, 15) is 4.79 Å². The van der Waals surface area contributed by atoms with Gasteiger partial charge in [-0.3, -0.25) is 14.6 Å². The van der Waals surface area contributed by atoms with E-state index in [2.05, 4.69) is 47.8 Å². The van der Waals surface area contributed by atoms with Crippen LogP contribution < -0.4 is 15.4 Å². The predicted molar refractivity (Wildman–Crippen MR) is 99.7 cm³/mol. The van der Waals surface area contributed by atoms with Gasteiger partial charge in [-0.2, -0.15) is 0 Å². The van der Waals surface area contributed by atoms with Crippen molar-refractivity contribution in [1.29, 1.82) is 0 Å². The van der Waals surface area contributed by atoms with Gasteiger partial charge in [0.05, 0.1) is 11.3 Å². The zero-order chi connectivity index (χ0) is 17.6.